The Bertz CT molecular complexity index is 941. The van der Waals surface area contributed by atoms with Crippen molar-refractivity contribution in [2.75, 3.05) is 6.54 Å². The molecule has 0 spiro atoms. The summed E-state index contributed by atoms with van der Waals surface area (Å²) in [7, 11) is 0. The number of halogens is 1. The molecule has 2 unspecified atom stereocenters. The Morgan fingerprint density at radius 1 is 1.24 bits per heavy atom. The molecule has 1 amide bonds. The number of rotatable bonds is 2. The molecule has 25 heavy (non-hydrogen) atoms. The number of aromatic nitrogens is 2. The van der Waals surface area contributed by atoms with Gasteiger partial charge >= 0.3 is 0 Å². The Morgan fingerprint density at radius 3 is 2.96 bits per heavy atom. The van der Waals surface area contributed by atoms with Crippen LogP contribution in [0.4, 0.5) is 4.39 Å². The number of amides is 1. The molecule has 0 bridgehead atoms. The van der Waals surface area contributed by atoms with Gasteiger partial charge in [0.15, 0.2) is 0 Å². The zero-order chi connectivity index (χ0) is 17.4. The largest absolute Gasteiger partial charge is 0.391 e. The van der Waals surface area contributed by atoms with Crippen LogP contribution >= 0.6 is 0 Å². The monoisotopic (exact) mass is 337 g/mol. The molecular weight excluding hydrogens is 321 g/mol. The van der Waals surface area contributed by atoms with Crippen LogP contribution in [0.2, 0.25) is 0 Å². The van der Waals surface area contributed by atoms with Crippen LogP contribution in [0.25, 0.3) is 10.9 Å². The fourth-order valence-electron chi connectivity index (χ4n) is 3.40. The average Bonchev–Trinajstić information content (AvgIpc) is 3.02. The Kier molecular flexibility index (Phi) is 3.89. The Balaban J connectivity index is 1.75. The fourth-order valence-corrected chi connectivity index (χ4v) is 3.40. The molecule has 3 heterocycles. The van der Waals surface area contributed by atoms with Crippen molar-refractivity contribution < 1.29 is 14.3 Å². The van der Waals surface area contributed by atoms with E-state index in [9.17, 15) is 14.3 Å². The van der Waals surface area contributed by atoms with E-state index in [1.807, 2.05) is 0 Å². The topological polar surface area (TPSA) is 66.3 Å². The summed E-state index contributed by atoms with van der Waals surface area (Å²) in [5.41, 5.74) is 1.85. The van der Waals surface area contributed by atoms with E-state index in [2.05, 4.69) is 9.97 Å². The molecule has 2 atom stereocenters. The molecule has 1 aliphatic rings. The van der Waals surface area contributed by atoms with E-state index in [1.54, 1.807) is 47.8 Å². The van der Waals surface area contributed by atoms with Crippen molar-refractivity contribution >= 4 is 16.8 Å². The summed E-state index contributed by atoms with van der Waals surface area (Å²) in [6, 6.07) is 9.20. The molecule has 0 radical (unpaired) electrons. The highest BCUT2D eigenvalue weighted by atomic mass is 19.1. The third kappa shape index (κ3) is 2.85. The summed E-state index contributed by atoms with van der Waals surface area (Å²) in [6.45, 7) is 0.212. The first-order chi connectivity index (χ1) is 12.1. The molecule has 1 N–H and O–H groups in total. The summed E-state index contributed by atoms with van der Waals surface area (Å²) in [4.78, 5) is 23.1. The minimum atomic E-state index is -0.636. The van der Waals surface area contributed by atoms with Crippen LogP contribution in [0.15, 0.2) is 55.0 Å². The van der Waals surface area contributed by atoms with E-state index >= 15 is 0 Å². The molecule has 0 aliphatic carbocycles. The summed E-state index contributed by atoms with van der Waals surface area (Å²) in [5.74, 6) is -0.573. The summed E-state index contributed by atoms with van der Waals surface area (Å²) in [6.07, 6.45) is 4.57. The quantitative estimate of drug-likeness (QED) is 0.781. The van der Waals surface area contributed by atoms with Crippen LogP contribution < -0.4 is 0 Å². The van der Waals surface area contributed by atoms with Gasteiger partial charge < -0.3 is 10.0 Å². The first-order valence-corrected chi connectivity index (χ1v) is 8.07. The highest BCUT2D eigenvalue weighted by molar-refractivity contribution is 6.06. The van der Waals surface area contributed by atoms with E-state index < -0.39 is 6.10 Å². The van der Waals surface area contributed by atoms with Crippen molar-refractivity contribution in [1.29, 1.82) is 0 Å². The SMILES string of the molecule is O=C(c1ccnc2ccncc12)N1CC(O)CC1c1cccc(F)c1. The summed E-state index contributed by atoms with van der Waals surface area (Å²) in [5, 5.41) is 10.8. The molecule has 1 aromatic carbocycles. The zero-order valence-corrected chi connectivity index (χ0v) is 13.3. The molecule has 1 aliphatic heterocycles. The Labute approximate surface area is 143 Å². The predicted molar refractivity (Wildman–Crippen MR) is 90.3 cm³/mol. The van der Waals surface area contributed by atoms with Gasteiger partial charge in [0.2, 0.25) is 0 Å². The van der Waals surface area contributed by atoms with Gasteiger partial charge in [-0.15, -0.1) is 0 Å². The smallest absolute Gasteiger partial charge is 0.255 e. The fraction of sp³-hybridized carbons (Fsp3) is 0.211. The van der Waals surface area contributed by atoms with Gasteiger partial charge in [-0.3, -0.25) is 14.8 Å². The second-order valence-corrected chi connectivity index (χ2v) is 6.17. The van der Waals surface area contributed by atoms with E-state index in [0.717, 1.165) is 0 Å². The molecule has 5 nitrogen and oxygen atoms in total. The number of benzene rings is 1. The van der Waals surface area contributed by atoms with Gasteiger partial charge in [0.25, 0.3) is 5.91 Å². The highest BCUT2D eigenvalue weighted by Gasteiger charge is 2.36. The van der Waals surface area contributed by atoms with E-state index in [1.165, 1.54) is 12.1 Å². The molecule has 126 valence electrons. The zero-order valence-electron chi connectivity index (χ0n) is 13.3. The number of pyridine rings is 2. The third-order valence-electron chi connectivity index (χ3n) is 4.55. The molecule has 1 saturated heterocycles. The molecule has 0 saturated carbocycles. The van der Waals surface area contributed by atoms with Crippen molar-refractivity contribution in [1.82, 2.24) is 14.9 Å². The van der Waals surface area contributed by atoms with Crippen molar-refractivity contribution in [3.63, 3.8) is 0 Å². The average molecular weight is 337 g/mol. The van der Waals surface area contributed by atoms with Gasteiger partial charge in [-0.1, -0.05) is 12.1 Å². The number of aliphatic hydroxyl groups excluding tert-OH is 1. The van der Waals surface area contributed by atoms with Gasteiger partial charge in [0, 0.05) is 30.5 Å². The lowest BCUT2D eigenvalue weighted by Crippen LogP contribution is -2.32. The van der Waals surface area contributed by atoms with Crippen LogP contribution in [-0.4, -0.2) is 38.5 Å². The maximum Gasteiger partial charge on any atom is 0.255 e. The maximum atomic E-state index is 13.6. The standard InChI is InChI=1S/C19H16FN3O2/c20-13-3-1-2-12(8-13)18-9-14(24)11-23(18)19(25)15-4-7-22-17-5-6-21-10-16(15)17/h1-8,10,14,18,24H,9,11H2. The lowest BCUT2D eigenvalue weighted by molar-refractivity contribution is 0.0717. The van der Waals surface area contributed by atoms with Gasteiger partial charge in [0.05, 0.1) is 23.2 Å². The summed E-state index contributed by atoms with van der Waals surface area (Å²) < 4.78 is 13.6. The number of nitrogens with zero attached hydrogens (tertiary/aromatic N) is 3. The number of fused-ring (bicyclic) bond motifs is 1. The van der Waals surface area contributed by atoms with Gasteiger partial charge in [-0.05, 0) is 36.2 Å². The van der Waals surface area contributed by atoms with Crippen LogP contribution in [0, 0.1) is 5.82 Å². The van der Waals surface area contributed by atoms with Gasteiger partial charge in [-0.2, -0.15) is 0 Å². The number of carbonyl (C=O) groups is 1. The number of likely N-dealkylation sites (tertiary alicyclic amines) is 1. The number of aliphatic hydroxyl groups is 1. The minimum absolute atomic E-state index is 0.212. The second kappa shape index (κ2) is 6.22. The van der Waals surface area contributed by atoms with Gasteiger partial charge in [0.1, 0.15) is 5.82 Å². The molecule has 4 rings (SSSR count). The van der Waals surface area contributed by atoms with Crippen LogP contribution in [0.5, 0.6) is 0 Å². The molecule has 6 heteroatoms. The van der Waals surface area contributed by atoms with Crippen LogP contribution in [-0.2, 0) is 0 Å². The molecular formula is C19H16FN3O2. The lowest BCUT2D eigenvalue weighted by atomic mass is 10.0. The van der Waals surface area contributed by atoms with Crippen molar-refractivity contribution in [3.05, 3.63) is 71.9 Å². The number of carbonyl (C=O) groups excluding carboxylic acids is 1. The maximum absolute atomic E-state index is 13.6. The first-order valence-electron chi connectivity index (χ1n) is 8.07. The molecule has 1 fully saturated rings. The van der Waals surface area contributed by atoms with E-state index in [-0.39, 0.29) is 24.3 Å². The summed E-state index contributed by atoms with van der Waals surface area (Å²) >= 11 is 0. The molecule has 3 aromatic rings. The Hall–Kier alpha value is -2.86. The van der Waals surface area contributed by atoms with E-state index in [0.29, 0.717) is 28.5 Å². The number of hydrogen-bond donors (Lipinski definition) is 1. The lowest BCUT2D eigenvalue weighted by Gasteiger charge is -2.25. The van der Waals surface area contributed by atoms with Crippen LogP contribution in [0.3, 0.4) is 0 Å². The predicted octanol–water partition coefficient (Wildman–Crippen LogP) is 2.72. The Morgan fingerprint density at radius 2 is 2.12 bits per heavy atom. The third-order valence-corrected chi connectivity index (χ3v) is 4.55. The molecule has 2 aromatic heterocycles. The normalized spacial score (nSPS) is 20.2. The van der Waals surface area contributed by atoms with Gasteiger partial charge in [-0.25, -0.2) is 4.39 Å². The van der Waals surface area contributed by atoms with Crippen molar-refractivity contribution in [3.8, 4) is 0 Å². The minimum Gasteiger partial charge on any atom is -0.391 e. The first kappa shape index (κ1) is 15.7. The number of β-amino-alcohol motifs (C(OH)–C–C–N with tert-alkyl or cyclic N) is 1. The van der Waals surface area contributed by atoms with E-state index in [4.69, 9.17) is 0 Å². The van der Waals surface area contributed by atoms with Crippen molar-refractivity contribution in [2.24, 2.45) is 0 Å². The second-order valence-electron chi connectivity index (χ2n) is 6.17. The highest BCUT2D eigenvalue weighted by Crippen LogP contribution is 2.34. The van der Waals surface area contributed by atoms with Crippen molar-refractivity contribution in [2.45, 2.75) is 18.6 Å². The van der Waals surface area contributed by atoms with Crippen LogP contribution in [0.1, 0.15) is 28.4 Å². The number of hydrogen-bond acceptors (Lipinski definition) is 4.